The number of aromatic amines is 2. The van der Waals surface area contributed by atoms with Crippen LogP contribution < -0.4 is 11.1 Å². The molecule has 0 amide bonds. The molecule has 0 unspecified atom stereocenters. The summed E-state index contributed by atoms with van der Waals surface area (Å²) >= 11 is 0. The number of aryl methyl sites for hydroxylation is 2. The molecule has 0 aliphatic carbocycles. The van der Waals surface area contributed by atoms with Gasteiger partial charge in [0.1, 0.15) is 46.3 Å². The Bertz CT molecular complexity index is 2480. The van der Waals surface area contributed by atoms with Gasteiger partial charge in [-0.1, -0.05) is 12.1 Å². The molecule has 2 N–H and O–H groups in total. The van der Waals surface area contributed by atoms with E-state index in [1.54, 1.807) is 36.8 Å². The Labute approximate surface area is 323 Å². The number of hydrogen-bond donors (Lipinski definition) is 2. The van der Waals surface area contributed by atoms with Crippen LogP contribution in [0.3, 0.4) is 0 Å². The zero-order valence-corrected chi connectivity index (χ0v) is 31.3. The molecule has 304 valence electrons. The number of halogens is 8. The van der Waals surface area contributed by atoms with Gasteiger partial charge < -0.3 is 19.1 Å². The summed E-state index contributed by atoms with van der Waals surface area (Å²) in [4.78, 5) is 37.2. The number of benzene rings is 2. The lowest BCUT2D eigenvalue weighted by molar-refractivity contribution is -0.138. The van der Waals surface area contributed by atoms with Crippen molar-refractivity contribution in [3.63, 3.8) is 0 Å². The number of alkyl halides is 6. The smallest absolute Gasteiger partial charge is 0.311 e. The topological polar surface area (TPSA) is 153 Å². The lowest BCUT2D eigenvalue weighted by Crippen LogP contribution is -2.34. The van der Waals surface area contributed by atoms with Gasteiger partial charge in [-0.15, -0.1) is 20.4 Å². The summed E-state index contributed by atoms with van der Waals surface area (Å²) in [6.07, 6.45) is -6.98. The molecule has 58 heavy (non-hydrogen) atoms. The molecular formula is C38H34F8N10O2. The zero-order valence-electron chi connectivity index (χ0n) is 31.3. The molecule has 0 bridgehead atoms. The molecule has 2 aliphatic heterocycles. The Morgan fingerprint density at radius 3 is 1.31 bits per heavy atom. The van der Waals surface area contributed by atoms with Gasteiger partial charge in [-0.3, -0.25) is 9.59 Å². The van der Waals surface area contributed by atoms with Crippen LogP contribution in [0.4, 0.5) is 35.1 Å². The van der Waals surface area contributed by atoms with Crippen molar-refractivity contribution in [3.8, 4) is 23.0 Å². The van der Waals surface area contributed by atoms with Gasteiger partial charge in [-0.25, -0.2) is 18.7 Å². The van der Waals surface area contributed by atoms with E-state index < -0.39 is 45.9 Å². The van der Waals surface area contributed by atoms with Gasteiger partial charge in [0.25, 0.3) is 11.1 Å². The summed E-state index contributed by atoms with van der Waals surface area (Å²) in [7, 11) is 0. The predicted molar refractivity (Wildman–Crippen MR) is 191 cm³/mol. The quantitative estimate of drug-likeness (QED) is 0.178. The Balaban J connectivity index is 0.000000177. The van der Waals surface area contributed by atoms with E-state index in [1.807, 2.05) is 0 Å². The lowest BCUT2D eigenvalue weighted by atomic mass is 9.75. The normalized spacial score (nSPS) is 19.2. The molecule has 0 fully saturated rings. The number of nitrogens with zero attached hydrogens (tertiary/aromatic N) is 8. The van der Waals surface area contributed by atoms with Crippen LogP contribution in [0.15, 0.2) is 58.1 Å². The molecule has 2 atom stereocenters. The molecular weight excluding hydrogens is 780 g/mol. The summed E-state index contributed by atoms with van der Waals surface area (Å²) in [5.74, 6) is 0.541. The van der Waals surface area contributed by atoms with E-state index in [-0.39, 0.29) is 22.2 Å². The number of nitrogens with one attached hydrogen (secondary N) is 2. The Kier molecular flexibility index (Phi) is 9.95. The molecule has 8 rings (SSSR count). The second kappa shape index (κ2) is 14.4. The third-order valence-electron chi connectivity index (χ3n) is 10.6. The van der Waals surface area contributed by atoms with E-state index in [1.165, 1.54) is 12.1 Å². The van der Waals surface area contributed by atoms with Gasteiger partial charge in [-0.05, 0) is 77.6 Å². The fourth-order valence-corrected chi connectivity index (χ4v) is 7.81. The largest absolute Gasteiger partial charge is 0.416 e. The first-order valence-corrected chi connectivity index (χ1v) is 18.0. The number of fused-ring (bicyclic) bond motifs is 2. The average Bonchev–Trinajstić information content (AvgIpc) is 3.77. The Hall–Kier alpha value is -6.08. The maximum absolute atomic E-state index is 14.7. The molecule has 6 aromatic rings. The molecule has 0 saturated heterocycles. The molecule has 12 nitrogen and oxygen atoms in total. The first kappa shape index (κ1) is 40.1. The summed E-state index contributed by atoms with van der Waals surface area (Å²) in [5.41, 5.74) is -3.76. The van der Waals surface area contributed by atoms with Crippen LogP contribution in [0.25, 0.3) is 23.0 Å². The van der Waals surface area contributed by atoms with E-state index in [9.17, 15) is 44.7 Å². The van der Waals surface area contributed by atoms with Crippen LogP contribution in [-0.2, 0) is 36.3 Å². The molecule has 2 aromatic carbocycles. The van der Waals surface area contributed by atoms with Gasteiger partial charge in [-0.2, -0.15) is 26.3 Å². The van der Waals surface area contributed by atoms with Gasteiger partial charge >= 0.3 is 12.4 Å². The van der Waals surface area contributed by atoms with Crippen molar-refractivity contribution >= 4 is 0 Å². The minimum absolute atomic E-state index is 0.125. The first-order valence-electron chi connectivity index (χ1n) is 18.0. The third kappa shape index (κ3) is 7.30. The van der Waals surface area contributed by atoms with Gasteiger partial charge in [0, 0.05) is 36.3 Å². The maximum Gasteiger partial charge on any atom is 0.416 e. The van der Waals surface area contributed by atoms with E-state index in [2.05, 4.69) is 40.3 Å². The molecule has 6 heterocycles. The van der Waals surface area contributed by atoms with Crippen molar-refractivity contribution in [3.05, 3.63) is 126 Å². The van der Waals surface area contributed by atoms with Crippen molar-refractivity contribution in [2.75, 3.05) is 0 Å². The second-order valence-electron chi connectivity index (χ2n) is 14.7. The lowest BCUT2D eigenvalue weighted by Gasteiger charge is -2.34. The fraction of sp³-hybridized carbons (Fsp3) is 0.368. The molecule has 0 saturated carbocycles. The Morgan fingerprint density at radius 1 is 0.603 bits per heavy atom. The monoisotopic (exact) mass is 814 g/mol. The van der Waals surface area contributed by atoms with E-state index in [4.69, 9.17) is 0 Å². The van der Waals surface area contributed by atoms with E-state index in [0.717, 1.165) is 24.3 Å². The van der Waals surface area contributed by atoms with Crippen LogP contribution in [0.2, 0.25) is 0 Å². The van der Waals surface area contributed by atoms with Gasteiger partial charge in [0.15, 0.2) is 11.6 Å². The Morgan fingerprint density at radius 2 is 0.983 bits per heavy atom. The number of hydrogen-bond acceptors (Lipinski definition) is 8. The highest BCUT2D eigenvalue weighted by molar-refractivity contribution is 5.52. The zero-order chi connectivity index (χ0) is 41.9. The van der Waals surface area contributed by atoms with Crippen LogP contribution >= 0.6 is 0 Å². The average molecular weight is 815 g/mol. The third-order valence-corrected chi connectivity index (χ3v) is 10.6. The summed E-state index contributed by atoms with van der Waals surface area (Å²) in [5, 5.41) is 16.7. The maximum atomic E-state index is 14.7. The second-order valence-corrected chi connectivity index (χ2v) is 14.7. The standard InChI is InChI=1S/2C19H17F4N5O/c2*1-10-24-14(9-15(29)25-10)16-26-27-17-18(2,6-3-7-28(16)17)12-5-4-11(8-13(12)20)19(21,22)23/h2*4-5,8-9H,3,6-7H2,1-2H3,(H,24,25,29)/t2*18-/m10/s1. The van der Waals surface area contributed by atoms with Crippen LogP contribution in [0.1, 0.15) is 85.1 Å². The van der Waals surface area contributed by atoms with Crippen LogP contribution in [0.5, 0.6) is 0 Å². The minimum atomic E-state index is -4.62. The summed E-state index contributed by atoms with van der Waals surface area (Å²) < 4.78 is 110. The van der Waals surface area contributed by atoms with Crippen LogP contribution in [0, 0.1) is 25.5 Å². The number of aromatic nitrogens is 10. The number of rotatable bonds is 4. The highest BCUT2D eigenvalue weighted by Gasteiger charge is 2.43. The molecule has 2 aliphatic rings. The highest BCUT2D eigenvalue weighted by Crippen LogP contribution is 2.44. The van der Waals surface area contributed by atoms with Crippen molar-refractivity contribution in [2.45, 2.75) is 89.7 Å². The van der Waals surface area contributed by atoms with Crippen molar-refractivity contribution in [1.82, 2.24) is 49.5 Å². The predicted octanol–water partition coefficient (Wildman–Crippen LogP) is 7.19. The fourth-order valence-electron chi connectivity index (χ4n) is 7.81. The molecule has 0 spiro atoms. The van der Waals surface area contributed by atoms with E-state index >= 15 is 0 Å². The number of H-pyrrole nitrogens is 2. The van der Waals surface area contributed by atoms with E-state index in [0.29, 0.717) is 97.2 Å². The minimum Gasteiger partial charge on any atom is -0.311 e. The summed E-state index contributed by atoms with van der Waals surface area (Å²) in [6, 6.07) is 7.71. The molecule has 0 radical (unpaired) electrons. The van der Waals surface area contributed by atoms with Crippen molar-refractivity contribution in [2.24, 2.45) is 0 Å². The SMILES string of the molecule is Cc1nc(-c2nnc3n2CCC[C@@]3(C)c2ccc(C(F)(F)F)cc2F)cc(=O)[nH]1.Cc1nc(-c2nnc3n2CCC[C@]3(C)c2ccc(C(F)(F)F)cc2F)cc(=O)[nH]1. The van der Waals surface area contributed by atoms with Crippen molar-refractivity contribution in [1.29, 1.82) is 0 Å². The van der Waals surface area contributed by atoms with Gasteiger partial charge in [0.2, 0.25) is 0 Å². The van der Waals surface area contributed by atoms with Gasteiger partial charge in [0.05, 0.1) is 22.0 Å². The molecule has 20 heteroatoms. The highest BCUT2D eigenvalue weighted by atomic mass is 19.4. The van der Waals surface area contributed by atoms with Crippen LogP contribution in [-0.4, -0.2) is 49.5 Å². The summed E-state index contributed by atoms with van der Waals surface area (Å²) in [6.45, 7) is 7.81. The first-order chi connectivity index (χ1) is 27.2. The van der Waals surface area contributed by atoms with Crippen molar-refractivity contribution < 1.29 is 35.1 Å². The molecule has 4 aromatic heterocycles.